The number of nitrogens with zero attached hydrogens (tertiary/aromatic N) is 1. The molecular formula is C20H33N3O5S. The Morgan fingerprint density at radius 2 is 1.79 bits per heavy atom. The van der Waals surface area contributed by atoms with Crippen LogP contribution < -0.4 is 19.5 Å². The number of carbonyl (C=O) groups excluding carboxylic acids is 1. The van der Waals surface area contributed by atoms with Crippen molar-refractivity contribution in [3.63, 3.8) is 0 Å². The van der Waals surface area contributed by atoms with Gasteiger partial charge in [0.15, 0.2) is 11.5 Å². The molecule has 0 saturated carbocycles. The molecule has 0 aromatic heterocycles. The summed E-state index contributed by atoms with van der Waals surface area (Å²) in [6, 6.07) is 5.81. The highest BCUT2D eigenvalue weighted by Gasteiger charge is 2.22. The van der Waals surface area contributed by atoms with E-state index in [-0.39, 0.29) is 11.9 Å². The number of likely N-dealkylation sites (tertiary alicyclic amines) is 1. The molecule has 0 atom stereocenters. The normalized spacial score (nSPS) is 15.8. The van der Waals surface area contributed by atoms with Crippen molar-refractivity contribution in [2.24, 2.45) is 0 Å². The van der Waals surface area contributed by atoms with Crippen LogP contribution in [0.5, 0.6) is 11.5 Å². The number of hydrogen-bond acceptors (Lipinski definition) is 6. The predicted octanol–water partition coefficient (Wildman–Crippen LogP) is 1.16. The minimum Gasteiger partial charge on any atom is -0.490 e. The second-order valence-electron chi connectivity index (χ2n) is 7.19. The molecular weight excluding hydrogens is 394 g/mol. The van der Waals surface area contributed by atoms with Gasteiger partial charge in [-0.25, -0.2) is 13.1 Å². The SMILES string of the molecule is CCOc1ccc(CCNC(=O)CN2CCC(NS(C)(=O)=O)CC2)cc1OCC. The van der Waals surface area contributed by atoms with Gasteiger partial charge in [0, 0.05) is 25.7 Å². The van der Waals surface area contributed by atoms with E-state index >= 15 is 0 Å². The molecule has 1 saturated heterocycles. The monoisotopic (exact) mass is 427 g/mol. The summed E-state index contributed by atoms with van der Waals surface area (Å²) in [5.74, 6) is 1.44. The van der Waals surface area contributed by atoms with Crippen LogP contribution in [-0.2, 0) is 21.2 Å². The van der Waals surface area contributed by atoms with Crippen LogP contribution in [-0.4, -0.2) is 70.9 Å². The molecule has 1 aliphatic heterocycles. The number of ether oxygens (including phenoxy) is 2. The maximum absolute atomic E-state index is 12.2. The van der Waals surface area contributed by atoms with Crippen molar-refractivity contribution in [3.05, 3.63) is 23.8 Å². The van der Waals surface area contributed by atoms with Crippen molar-refractivity contribution in [2.45, 2.75) is 39.2 Å². The molecule has 9 heteroatoms. The van der Waals surface area contributed by atoms with Gasteiger partial charge in [0.05, 0.1) is 26.0 Å². The summed E-state index contributed by atoms with van der Waals surface area (Å²) in [5, 5.41) is 2.95. The minimum atomic E-state index is -3.18. The number of nitrogens with one attached hydrogen (secondary N) is 2. The van der Waals surface area contributed by atoms with Gasteiger partial charge < -0.3 is 14.8 Å². The first-order valence-electron chi connectivity index (χ1n) is 10.2. The number of piperidine rings is 1. The summed E-state index contributed by atoms with van der Waals surface area (Å²) in [5.41, 5.74) is 1.07. The van der Waals surface area contributed by atoms with E-state index in [1.165, 1.54) is 6.26 Å². The molecule has 2 N–H and O–H groups in total. The van der Waals surface area contributed by atoms with Crippen molar-refractivity contribution in [3.8, 4) is 11.5 Å². The maximum atomic E-state index is 12.2. The molecule has 29 heavy (non-hydrogen) atoms. The Bertz CT molecular complexity index is 761. The van der Waals surface area contributed by atoms with Gasteiger partial charge in [-0.1, -0.05) is 6.07 Å². The molecule has 1 aliphatic rings. The highest BCUT2D eigenvalue weighted by molar-refractivity contribution is 7.88. The molecule has 1 aromatic rings. The van der Waals surface area contributed by atoms with Crippen molar-refractivity contribution < 1.29 is 22.7 Å². The number of amides is 1. The number of rotatable bonds is 11. The third kappa shape index (κ3) is 8.59. The fourth-order valence-electron chi connectivity index (χ4n) is 3.37. The molecule has 1 fully saturated rings. The van der Waals surface area contributed by atoms with Crippen LogP contribution in [0.2, 0.25) is 0 Å². The Morgan fingerprint density at radius 3 is 2.41 bits per heavy atom. The zero-order valence-corrected chi connectivity index (χ0v) is 18.4. The first kappa shape index (κ1) is 23.4. The Balaban J connectivity index is 1.73. The molecule has 0 radical (unpaired) electrons. The van der Waals surface area contributed by atoms with Gasteiger partial charge in [-0.3, -0.25) is 9.69 Å². The third-order valence-electron chi connectivity index (χ3n) is 4.68. The molecule has 1 heterocycles. The summed E-state index contributed by atoms with van der Waals surface area (Å²) < 4.78 is 36.4. The average Bonchev–Trinajstić information content (AvgIpc) is 2.64. The molecule has 2 rings (SSSR count). The van der Waals surface area contributed by atoms with E-state index in [4.69, 9.17) is 9.47 Å². The van der Waals surface area contributed by atoms with E-state index in [1.54, 1.807) is 0 Å². The summed E-state index contributed by atoms with van der Waals surface area (Å²) >= 11 is 0. The lowest BCUT2D eigenvalue weighted by Gasteiger charge is -2.31. The number of sulfonamides is 1. The molecule has 8 nitrogen and oxygen atoms in total. The van der Waals surface area contributed by atoms with E-state index in [1.807, 2.05) is 32.0 Å². The Kier molecular flexibility index (Phi) is 9.19. The smallest absolute Gasteiger partial charge is 0.234 e. The first-order valence-corrected chi connectivity index (χ1v) is 12.0. The van der Waals surface area contributed by atoms with E-state index in [2.05, 4.69) is 14.9 Å². The Morgan fingerprint density at radius 1 is 1.14 bits per heavy atom. The summed E-state index contributed by atoms with van der Waals surface area (Å²) in [7, 11) is -3.18. The van der Waals surface area contributed by atoms with E-state index in [9.17, 15) is 13.2 Å². The minimum absolute atomic E-state index is 0.0181. The summed E-state index contributed by atoms with van der Waals surface area (Å²) in [4.78, 5) is 14.3. The third-order valence-corrected chi connectivity index (χ3v) is 5.44. The second-order valence-corrected chi connectivity index (χ2v) is 8.97. The van der Waals surface area contributed by atoms with Crippen LogP contribution in [0.25, 0.3) is 0 Å². The second kappa shape index (κ2) is 11.4. The number of benzene rings is 1. The number of hydrogen-bond donors (Lipinski definition) is 2. The maximum Gasteiger partial charge on any atom is 0.234 e. The zero-order valence-electron chi connectivity index (χ0n) is 17.6. The molecule has 0 aliphatic carbocycles. The zero-order chi connectivity index (χ0) is 21.3. The standard InChI is InChI=1S/C20H33N3O5S/c1-4-27-18-7-6-16(14-19(18)28-5-2)8-11-21-20(24)15-23-12-9-17(10-13-23)22-29(3,25)26/h6-7,14,17,22H,4-5,8-13,15H2,1-3H3,(H,21,24). The van der Waals surface area contributed by atoms with Gasteiger partial charge in [-0.2, -0.15) is 0 Å². The van der Waals surface area contributed by atoms with Crippen LogP contribution in [0.1, 0.15) is 32.3 Å². The van der Waals surface area contributed by atoms with E-state index in [0.717, 1.165) is 17.1 Å². The number of carbonyl (C=O) groups is 1. The fourth-order valence-corrected chi connectivity index (χ4v) is 4.21. The van der Waals surface area contributed by atoms with Crippen LogP contribution in [0, 0.1) is 0 Å². The van der Waals surface area contributed by atoms with Gasteiger partial charge >= 0.3 is 0 Å². The van der Waals surface area contributed by atoms with Crippen LogP contribution in [0.4, 0.5) is 0 Å². The van der Waals surface area contributed by atoms with E-state index < -0.39 is 10.0 Å². The van der Waals surface area contributed by atoms with Crippen molar-refractivity contribution >= 4 is 15.9 Å². The predicted molar refractivity (Wildman–Crippen MR) is 113 cm³/mol. The molecule has 0 bridgehead atoms. The van der Waals surface area contributed by atoms with Crippen molar-refractivity contribution in [1.29, 1.82) is 0 Å². The molecule has 0 spiro atoms. The highest BCUT2D eigenvalue weighted by atomic mass is 32.2. The van der Waals surface area contributed by atoms with E-state index in [0.29, 0.717) is 58.7 Å². The van der Waals surface area contributed by atoms with Crippen LogP contribution in [0.3, 0.4) is 0 Å². The van der Waals surface area contributed by atoms with Crippen LogP contribution in [0.15, 0.2) is 18.2 Å². The lowest BCUT2D eigenvalue weighted by Crippen LogP contribution is -2.47. The van der Waals surface area contributed by atoms with Crippen molar-refractivity contribution in [2.75, 3.05) is 45.6 Å². The Hall–Kier alpha value is -1.84. The molecule has 164 valence electrons. The lowest BCUT2D eigenvalue weighted by molar-refractivity contribution is -0.122. The fraction of sp³-hybridized carbons (Fsp3) is 0.650. The van der Waals surface area contributed by atoms with Crippen molar-refractivity contribution in [1.82, 2.24) is 14.9 Å². The first-order chi connectivity index (χ1) is 13.8. The molecule has 1 amide bonds. The van der Waals surface area contributed by atoms with Gasteiger partial charge in [0.25, 0.3) is 0 Å². The topological polar surface area (TPSA) is 97.0 Å². The average molecular weight is 428 g/mol. The highest BCUT2D eigenvalue weighted by Crippen LogP contribution is 2.28. The largest absolute Gasteiger partial charge is 0.490 e. The lowest BCUT2D eigenvalue weighted by atomic mass is 10.1. The molecule has 1 aromatic carbocycles. The quantitative estimate of drug-likeness (QED) is 0.550. The van der Waals surface area contributed by atoms with Gasteiger partial charge in [-0.15, -0.1) is 0 Å². The van der Waals surface area contributed by atoms with Gasteiger partial charge in [-0.05, 0) is 50.8 Å². The van der Waals surface area contributed by atoms with Crippen LogP contribution >= 0.6 is 0 Å². The summed E-state index contributed by atoms with van der Waals surface area (Å²) in [6.07, 6.45) is 3.31. The van der Waals surface area contributed by atoms with Gasteiger partial charge in [0.1, 0.15) is 0 Å². The Labute approximate surface area is 174 Å². The molecule has 0 unspecified atom stereocenters. The summed E-state index contributed by atoms with van der Waals surface area (Å²) in [6.45, 7) is 7.30. The van der Waals surface area contributed by atoms with Gasteiger partial charge in [0.2, 0.25) is 15.9 Å².